The van der Waals surface area contributed by atoms with Crippen LogP contribution >= 0.6 is 11.6 Å². The molecule has 0 radical (unpaired) electrons. The van der Waals surface area contributed by atoms with Crippen molar-refractivity contribution in [3.63, 3.8) is 0 Å². The number of nitriles is 1. The number of hydrogen-bond acceptors (Lipinski definition) is 5. The summed E-state index contributed by atoms with van der Waals surface area (Å²) in [6.07, 6.45) is 1.66. The molecule has 5 nitrogen and oxygen atoms in total. The predicted octanol–water partition coefficient (Wildman–Crippen LogP) is 4.51. The Balaban J connectivity index is 1.76. The largest absolute Gasteiger partial charge is 0.479 e. The van der Waals surface area contributed by atoms with Gasteiger partial charge in [0.15, 0.2) is 6.61 Å². The van der Waals surface area contributed by atoms with Gasteiger partial charge in [-0.3, -0.25) is 0 Å². The highest BCUT2D eigenvalue weighted by Crippen LogP contribution is 2.24. The summed E-state index contributed by atoms with van der Waals surface area (Å²) in [6.45, 7) is -0.00983. The predicted molar refractivity (Wildman–Crippen MR) is 91.0 cm³/mol. The summed E-state index contributed by atoms with van der Waals surface area (Å²) in [4.78, 5) is 4.20. The molecule has 0 fully saturated rings. The maximum absolute atomic E-state index is 13.0. The van der Waals surface area contributed by atoms with Crippen LogP contribution in [0, 0.1) is 17.1 Å². The van der Waals surface area contributed by atoms with Crippen molar-refractivity contribution < 1.29 is 13.7 Å². The van der Waals surface area contributed by atoms with E-state index in [9.17, 15) is 4.39 Å². The molecule has 0 amide bonds. The first-order valence-corrected chi connectivity index (χ1v) is 7.60. The summed E-state index contributed by atoms with van der Waals surface area (Å²) in [6, 6.07) is 14.7. The normalized spacial score (nSPS) is 11.2. The van der Waals surface area contributed by atoms with Crippen molar-refractivity contribution >= 4 is 22.7 Å². The molecular weight excluding hydrogens is 345 g/mol. The summed E-state index contributed by atoms with van der Waals surface area (Å²) in [7, 11) is 0. The molecule has 0 bridgehead atoms. The van der Waals surface area contributed by atoms with Gasteiger partial charge in [0.05, 0.1) is 0 Å². The van der Waals surface area contributed by atoms with Crippen LogP contribution in [0.25, 0.3) is 22.5 Å². The Kier molecular flexibility index (Phi) is 5.07. The van der Waals surface area contributed by atoms with Crippen molar-refractivity contribution in [2.24, 2.45) is 0 Å². The zero-order chi connectivity index (χ0) is 17.6. The topological polar surface area (TPSA) is 71.9 Å². The lowest BCUT2D eigenvalue weighted by molar-refractivity contribution is 0.368. The van der Waals surface area contributed by atoms with E-state index in [-0.39, 0.29) is 23.3 Å². The van der Waals surface area contributed by atoms with Crippen molar-refractivity contribution in [3.8, 4) is 23.2 Å². The zero-order valence-corrected chi connectivity index (χ0v) is 13.6. The highest BCUT2D eigenvalue weighted by Gasteiger charge is 2.11. The van der Waals surface area contributed by atoms with Gasteiger partial charge in [0.25, 0.3) is 5.89 Å². The third-order valence-corrected chi connectivity index (χ3v) is 3.48. The van der Waals surface area contributed by atoms with Crippen LogP contribution < -0.4 is 4.74 Å². The van der Waals surface area contributed by atoms with Crippen molar-refractivity contribution in [3.05, 3.63) is 65.8 Å². The van der Waals surface area contributed by atoms with Crippen LogP contribution in [0.4, 0.5) is 4.39 Å². The Morgan fingerprint density at radius 2 is 1.92 bits per heavy atom. The first-order chi connectivity index (χ1) is 12.2. The molecule has 3 rings (SSSR count). The van der Waals surface area contributed by atoms with Gasteiger partial charge >= 0.3 is 0 Å². The molecule has 0 aliphatic heterocycles. The number of benzene rings is 2. The van der Waals surface area contributed by atoms with Gasteiger partial charge < -0.3 is 9.26 Å². The SMILES string of the molecule is N#CCOc1ccc(/C=C(\Cl)c2nc(-c3ccc(F)cc3)no2)cc1. The highest BCUT2D eigenvalue weighted by molar-refractivity contribution is 6.50. The Labute approximate surface area is 147 Å². The number of aromatic nitrogens is 2. The quantitative estimate of drug-likeness (QED) is 0.673. The number of ether oxygens (including phenoxy) is 1. The maximum atomic E-state index is 13.0. The van der Waals surface area contributed by atoms with Gasteiger partial charge in [0, 0.05) is 5.56 Å². The van der Waals surface area contributed by atoms with Crippen LogP contribution in [0.2, 0.25) is 0 Å². The van der Waals surface area contributed by atoms with E-state index in [1.54, 1.807) is 42.5 Å². The minimum atomic E-state index is -0.340. The van der Waals surface area contributed by atoms with Gasteiger partial charge in [0.1, 0.15) is 22.7 Å². The van der Waals surface area contributed by atoms with Crippen molar-refractivity contribution in [1.29, 1.82) is 5.26 Å². The third kappa shape index (κ3) is 4.22. The number of hydrogen-bond donors (Lipinski definition) is 0. The molecule has 7 heteroatoms. The van der Waals surface area contributed by atoms with Gasteiger partial charge in [-0.15, -0.1) is 0 Å². The van der Waals surface area contributed by atoms with Crippen molar-refractivity contribution in [1.82, 2.24) is 10.1 Å². The van der Waals surface area contributed by atoms with Crippen LogP contribution in [-0.4, -0.2) is 16.7 Å². The molecule has 124 valence electrons. The molecule has 1 aromatic heterocycles. The van der Waals surface area contributed by atoms with Gasteiger partial charge in [-0.05, 0) is 48.0 Å². The summed E-state index contributed by atoms with van der Waals surface area (Å²) >= 11 is 6.22. The second kappa shape index (κ2) is 7.60. The summed E-state index contributed by atoms with van der Waals surface area (Å²) < 4.78 is 23.3. The Morgan fingerprint density at radius 3 is 2.60 bits per heavy atom. The molecule has 0 N–H and O–H groups in total. The van der Waals surface area contributed by atoms with E-state index in [4.69, 9.17) is 26.1 Å². The van der Waals surface area contributed by atoms with E-state index in [0.29, 0.717) is 17.1 Å². The van der Waals surface area contributed by atoms with Crippen LogP contribution in [0.3, 0.4) is 0 Å². The summed E-state index contributed by atoms with van der Waals surface area (Å²) in [5.74, 6) is 0.728. The zero-order valence-electron chi connectivity index (χ0n) is 12.8. The Bertz CT molecular complexity index is 928. The molecule has 0 saturated heterocycles. The molecule has 25 heavy (non-hydrogen) atoms. The lowest BCUT2D eigenvalue weighted by Gasteiger charge is -2.01. The minimum absolute atomic E-state index is 0.00983. The average molecular weight is 356 g/mol. The average Bonchev–Trinajstić information content (AvgIpc) is 3.12. The fourth-order valence-corrected chi connectivity index (χ4v) is 2.22. The van der Waals surface area contributed by atoms with Crippen LogP contribution in [-0.2, 0) is 0 Å². The van der Waals surface area contributed by atoms with E-state index in [1.165, 1.54) is 12.1 Å². The third-order valence-electron chi connectivity index (χ3n) is 3.21. The van der Waals surface area contributed by atoms with Crippen molar-refractivity contribution in [2.45, 2.75) is 0 Å². The fourth-order valence-electron chi connectivity index (χ4n) is 2.02. The number of halogens is 2. The molecular formula is C18H11ClFN3O2. The highest BCUT2D eigenvalue weighted by atomic mass is 35.5. The first kappa shape index (κ1) is 16.7. The Hall–Kier alpha value is -3.17. The van der Waals surface area contributed by atoms with Gasteiger partial charge in [-0.25, -0.2) is 4.39 Å². The molecule has 0 unspecified atom stereocenters. The minimum Gasteiger partial charge on any atom is -0.479 e. The molecule has 0 aliphatic carbocycles. The number of nitrogens with zero attached hydrogens (tertiary/aromatic N) is 3. The molecule has 1 heterocycles. The van der Waals surface area contributed by atoms with Crippen molar-refractivity contribution in [2.75, 3.05) is 6.61 Å². The molecule has 0 spiro atoms. The summed E-state index contributed by atoms with van der Waals surface area (Å²) in [5, 5.41) is 12.6. The second-order valence-electron chi connectivity index (χ2n) is 4.94. The van der Waals surface area contributed by atoms with E-state index < -0.39 is 0 Å². The maximum Gasteiger partial charge on any atom is 0.269 e. The lowest BCUT2D eigenvalue weighted by Crippen LogP contribution is -1.92. The van der Waals surface area contributed by atoms with E-state index in [2.05, 4.69) is 10.1 Å². The fraction of sp³-hybridized carbons (Fsp3) is 0.0556. The standard InChI is InChI=1S/C18H11ClFN3O2/c19-16(11-12-1-7-15(8-2-12)24-10-9-21)18-22-17(23-25-18)13-3-5-14(20)6-4-13/h1-8,11H,10H2/b16-11-. The molecule has 3 aromatic rings. The van der Waals surface area contributed by atoms with E-state index >= 15 is 0 Å². The summed E-state index contributed by atoms with van der Waals surface area (Å²) in [5.41, 5.74) is 1.43. The lowest BCUT2D eigenvalue weighted by atomic mass is 10.2. The molecule has 2 aromatic carbocycles. The van der Waals surface area contributed by atoms with Gasteiger partial charge in [-0.1, -0.05) is 28.9 Å². The Morgan fingerprint density at radius 1 is 1.20 bits per heavy atom. The van der Waals surface area contributed by atoms with E-state index in [1.807, 2.05) is 6.07 Å². The molecule has 0 aliphatic rings. The second-order valence-corrected chi connectivity index (χ2v) is 5.35. The van der Waals surface area contributed by atoms with Crippen LogP contribution in [0.1, 0.15) is 11.5 Å². The number of rotatable bonds is 5. The molecule has 0 saturated carbocycles. The smallest absolute Gasteiger partial charge is 0.269 e. The van der Waals surface area contributed by atoms with Gasteiger partial charge in [-0.2, -0.15) is 10.2 Å². The first-order valence-electron chi connectivity index (χ1n) is 7.23. The van der Waals surface area contributed by atoms with E-state index in [0.717, 1.165) is 5.56 Å². The van der Waals surface area contributed by atoms with Gasteiger partial charge in [0.2, 0.25) is 5.82 Å². The van der Waals surface area contributed by atoms with Crippen LogP contribution in [0.5, 0.6) is 5.75 Å². The van der Waals surface area contributed by atoms with Crippen LogP contribution in [0.15, 0.2) is 53.1 Å². The molecule has 0 atom stereocenters. The monoisotopic (exact) mass is 355 g/mol.